The zero-order valence-corrected chi connectivity index (χ0v) is 10.4. The van der Waals surface area contributed by atoms with Gasteiger partial charge in [-0.3, -0.25) is 0 Å². The molecule has 0 radical (unpaired) electrons. The van der Waals surface area contributed by atoms with Gasteiger partial charge in [-0.05, 0) is 25.0 Å². The van der Waals surface area contributed by atoms with Gasteiger partial charge in [0, 0.05) is 16.0 Å². The number of aromatic nitrogens is 1. The Labute approximate surface area is 103 Å². The van der Waals surface area contributed by atoms with E-state index in [1.165, 1.54) is 17.4 Å². The van der Waals surface area contributed by atoms with Gasteiger partial charge in [-0.1, -0.05) is 12.0 Å². The number of esters is 1. The van der Waals surface area contributed by atoms with Crippen molar-refractivity contribution in [1.82, 2.24) is 4.98 Å². The molecule has 1 aromatic rings. The summed E-state index contributed by atoms with van der Waals surface area (Å²) in [6, 6.07) is 0. The SMILES string of the molecule is CCOC(=O)/C(=C/c1cnc(CC)s1)N=[N+]=[N-]. The van der Waals surface area contributed by atoms with Crippen molar-refractivity contribution in [2.75, 3.05) is 6.61 Å². The molecule has 0 N–H and O–H groups in total. The van der Waals surface area contributed by atoms with E-state index in [4.69, 9.17) is 10.3 Å². The lowest BCUT2D eigenvalue weighted by Gasteiger charge is -1.99. The third-order valence-electron chi connectivity index (χ3n) is 1.79. The van der Waals surface area contributed by atoms with Gasteiger partial charge in [0.05, 0.1) is 11.6 Å². The van der Waals surface area contributed by atoms with Crippen molar-refractivity contribution in [3.63, 3.8) is 0 Å². The van der Waals surface area contributed by atoms with E-state index in [1.54, 1.807) is 13.1 Å². The number of thiazole rings is 1. The van der Waals surface area contributed by atoms with Crippen LogP contribution in [-0.4, -0.2) is 17.6 Å². The number of ether oxygens (including phenoxy) is 1. The lowest BCUT2D eigenvalue weighted by Crippen LogP contribution is -2.05. The van der Waals surface area contributed by atoms with Gasteiger partial charge in [-0.2, -0.15) is 0 Å². The molecule has 0 atom stereocenters. The molecule has 0 fully saturated rings. The molecular formula is C10H12N4O2S. The first-order valence-electron chi connectivity index (χ1n) is 5.09. The maximum atomic E-state index is 11.4. The van der Waals surface area contributed by atoms with Crippen molar-refractivity contribution in [3.8, 4) is 0 Å². The van der Waals surface area contributed by atoms with E-state index < -0.39 is 5.97 Å². The molecule has 0 spiro atoms. The number of hydrogen-bond acceptors (Lipinski definition) is 5. The van der Waals surface area contributed by atoms with Crippen LogP contribution in [0.5, 0.6) is 0 Å². The van der Waals surface area contributed by atoms with Crippen LogP contribution in [0.15, 0.2) is 17.0 Å². The predicted molar refractivity (Wildman–Crippen MR) is 65.2 cm³/mol. The molecule has 0 amide bonds. The predicted octanol–water partition coefficient (Wildman–Crippen LogP) is 2.92. The van der Waals surface area contributed by atoms with Crippen LogP contribution in [-0.2, 0) is 16.0 Å². The maximum absolute atomic E-state index is 11.4. The van der Waals surface area contributed by atoms with Gasteiger partial charge >= 0.3 is 5.97 Å². The highest BCUT2D eigenvalue weighted by atomic mass is 32.1. The van der Waals surface area contributed by atoms with Gasteiger partial charge in [0.15, 0.2) is 0 Å². The van der Waals surface area contributed by atoms with Gasteiger partial charge in [0.25, 0.3) is 0 Å². The standard InChI is InChI=1S/C10H12N4O2S/c1-3-9-12-6-7(17-9)5-8(13-14-11)10(15)16-4-2/h5-6H,3-4H2,1-2H3/b8-5-. The van der Waals surface area contributed by atoms with Gasteiger partial charge in [0.2, 0.25) is 0 Å². The molecular weight excluding hydrogens is 240 g/mol. The van der Waals surface area contributed by atoms with Crippen LogP contribution in [0.2, 0.25) is 0 Å². The second-order valence-corrected chi connectivity index (χ2v) is 4.10. The van der Waals surface area contributed by atoms with Crippen LogP contribution < -0.4 is 0 Å². The summed E-state index contributed by atoms with van der Waals surface area (Å²) in [4.78, 5) is 18.9. The lowest BCUT2D eigenvalue weighted by molar-refractivity contribution is -0.138. The summed E-state index contributed by atoms with van der Waals surface area (Å²) in [6.45, 7) is 3.92. The second kappa shape index (κ2) is 6.67. The minimum Gasteiger partial charge on any atom is -0.462 e. The van der Waals surface area contributed by atoms with E-state index in [9.17, 15) is 4.79 Å². The summed E-state index contributed by atoms with van der Waals surface area (Å²) < 4.78 is 4.77. The number of aryl methyl sites for hydroxylation is 1. The summed E-state index contributed by atoms with van der Waals surface area (Å²) in [6.07, 6.45) is 3.94. The van der Waals surface area contributed by atoms with E-state index in [0.717, 1.165) is 16.3 Å². The minimum absolute atomic E-state index is 0.0550. The quantitative estimate of drug-likeness (QED) is 0.265. The first-order valence-corrected chi connectivity index (χ1v) is 5.91. The zero-order chi connectivity index (χ0) is 12.7. The minimum atomic E-state index is -0.628. The van der Waals surface area contributed by atoms with Crippen LogP contribution >= 0.6 is 11.3 Å². The van der Waals surface area contributed by atoms with Crippen molar-refractivity contribution in [2.24, 2.45) is 5.11 Å². The van der Waals surface area contributed by atoms with E-state index in [2.05, 4.69) is 15.0 Å². The van der Waals surface area contributed by atoms with Gasteiger partial charge in [0.1, 0.15) is 5.70 Å². The maximum Gasteiger partial charge on any atom is 0.340 e. The Hall–Kier alpha value is -1.85. The fraction of sp³-hybridized carbons (Fsp3) is 0.400. The largest absolute Gasteiger partial charge is 0.462 e. The van der Waals surface area contributed by atoms with Crippen molar-refractivity contribution in [1.29, 1.82) is 0 Å². The number of carbonyl (C=O) groups is 1. The zero-order valence-electron chi connectivity index (χ0n) is 9.58. The van der Waals surface area contributed by atoms with Crippen molar-refractivity contribution >= 4 is 23.4 Å². The summed E-state index contributed by atoms with van der Waals surface area (Å²) in [5.74, 6) is -0.628. The molecule has 0 aliphatic carbocycles. The Morgan fingerprint density at radius 2 is 2.47 bits per heavy atom. The van der Waals surface area contributed by atoms with Crippen molar-refractivity contribution < 1.29 is 9.53 Å². The summed E-state index contributed by atoms with van der Waals surface area (Å²) in [5, 5.41) is 4.28. The van der Waals surface area contributed by atoms with E-state index in [-0.39, 0.29) is 12.3 Å². The Morgan fingerprint density at radius 3 is 3.00 bits per heavy atom. The second-order valence-electron chi connectivity index (χ2n) is 2.95. The molecule has 0 bridgehead atoms. The van der Waals surface area contributed by atoms with E-state index in [1.807, 2.05) is 6.92 Å². The molecule has 0 saturated heterocycles. The highest BCUT2D eigenvalue weighted by Gasteiger charge is 2.09. The number of azide groups is 1. The molecule has 0 aromatic carbocycles. The number of hydrogen-bond donors (Lipinski definition) is 0. The molecule has 1 heterocycles. The third-order valence-corrected chi connectivity index (χ3v) is 2.88. The molecule has 1 aromatic heterocycles. The normalized spacial score (nSPS) is 10.8. The fourth-order valence-electron chi connectivity index (χ4n) is 1.07. The average molecular weight is 252 g/mol. The first-order chi connectivity index (χ1) is 8.21. The Morgan fingerprint density at radius 1 is 1.71 bits per heavy atom. The molecule has 0 saturated carbocycles. The Balaban J connectivity index is 2.97. The first kappa shape index (κ1) is 13.2. The van der Waals surface area contributed by atoms with Gasteiger partial charge < -0.3 is 4.74 Å². The number of nitrogens with zero attached hydrogens (tertiary/aromatic N) is 4. The smallest absolute Gasteiger partial charge is 0.340 e. The average Bonchev–Trinajstić information content (AvgIpc) is 2.76. The molecule has 0 aliphatic heterocycles. The van der Waals surface area contributed by atoms with Crippen molar-refractivity contribution in [3.05, 3.63) is 32.2 Å². The lowest BCUT2D eigenvalue weighted by atomic mass is 10.4. The van der Waals surface area contributed by atoms with Crippen LogP contribution in [0.1, 0.15) is 23.7 Å². The van der Waals surface area contributed by atoms with Gasteiger partial charge in [-0.25, -0.2) is 9.78 Å². The fourth-order valence-corrected chi connectivity index (χ4v) is 1.87. The van der Waals surface area contributed by atoms with Crippen molar-refractivity contribution in [2.45, 2.75) is 20.3 Å². The molecule has 0 unspecified atom stereocenters. The van der Waals surface area contributed by atoms with E-state index in [0.29, 0.717) is 0 Å². The summed E-state index contributed by atoms with van der Waals surface area (Å²) >= 11 is 1.44. The van der Waals surface area contributed by atoms with Crippen LogP contribution in [0, 0.1) is 0 Å². The monoisotopic (exact) mass is 252 g/mol. The Kier molecular flexibility index (Phi) is 5.19. The van der Waals surface area contributed by atoms with Crippen LogP contribution in [0.4, 0.5) is 0 Å². The van der Waals surface area contributed by atoms with E-state index >= 15 is 0 Å². The molecule has 1 rings (SSSR count). The van der Waals surface area contributed by atoms with Gasteiger partial charge in [-0.15, -0.1) is 11.3 Å². The molecule has 6 nitrogen and oxygen atoms in total. The summed E-state index contributed by atoms with van der Waals surface area (Å²) in [5.41, 5.74) is 8.33. The third kappa shape index (κ3) is 3.90. The Bertz CT molecular complexity index is 474. The van der Waals surface area contributed by atoms with Crippen LogP contribution in [0.3, 0.4) is 0 Å². The number of carbonyl (C=O) groups excluding carboxylic acids is 1. The topological polar surface area (TPSA) is 88.0 Å². The number of rotatable bonds is 5. The molecule has 90 valence electrons. The van der Waals surface area contributed by atoms with Crippen LogP contribution in [0.25, 0.3) is 16.5 Å². The molecule has 0 aliphatic rings. The molecule has 7 heteroatoms. The molecule has 17 heavy (non-hydrogen) atoms. The highest BCUT2D eigenvalue weighted by molar-refractivity contribution is 7.12. The summed E-state index contributed by atoms with van der Waals surface area (Å²) in [7, 11) is 0. The highest BCUT2D eigenvalue weighted by Crippen LogP contribution is 2.18.